The Hall–Kier alpha value is -2.08. The summed E-state index contributed by atoms with van der Waals surface area (Å²) in [7, 11) is 0. The Morgan fingerprint density at radius 3 is 2.58 bits per heavy atom. The van der Waals surface area contributed by atoms with Crippen LogP contribution in [0.3, 0.4) is 0 Å². The number of hydrogen-bond acceptors (Lipinski definition) is 5. The normalized spacial score (nSPS) is 16.2. The van der Waals surface area contributed by atoms with Crippen LogP contribution in [0.1, 0.15) is 63.2 Å². The number of aliphatic hydroxyl groups is 1. The lowest BCUT2D eigenvalue weighted by atomic mass is 10.0. The molecule has 0 unspecified atom stereocenters. The minimum Gasteiger partial charge on any atom is -0.444 e. The fourth-order valence-corrected chi connectivity index (χ4v) is 3.02. The van der Waals surface area contributed by atoms with E-state index < -0.39 is 17.3 Å². The van der Waals surface area contributed by atoms with Crippen LogP contribution in [0.5, 0.6) is 0 Å². The average molecular weight is 362 g/mol. The van der Waals surface area contributed by atoms with Crippen molar-refractivity contribution in [2.45, 2.75) is 64.1 Å². The second-order valence-electron chi connectivity index (χ2n) is 7.97. The van der Waals surface area contributed by atoms with Gasteiger partial charge in [-0.1, -0.05) is 25.0 Å². The molecule has 1 saturated carbocycles. The van der Waals surface area contributed by atoms with Crippen molar-refractivity contribution in [3.63, 3.8) is 0 Å². The standard InChI is InChI=1S/C20H30N2O4/c1-19(2,3)26-18(24)21-12-9-17(23)15-7-6-8-16(13-15)22-14-20(25)10-4-5-11-20/h6-8,13,22,25H,4-5,9-12,14H2,1-3H3,(H,21,24). The molecule has 6 heteroatoms. The molecule has 0 spiro atoms. The lowest BCUT2D eigenvalue weighted by Crippen LogP contribution is -2.33. The van der Waals surface area contributed by atoms with Gasteiger partial charge in [0.1, 0.15) is 5.60 Å². The third-order valence-corrected chi connectivity index (χ3v) is 4.36. The summed E-state index contributed by atoms with van der Waals surface area (Å²) in [6, 6.07) is 7.24. The van der Waals surface area contributed by atoms with Crippen LogP contribution in [0.2, 0.25) is 0 Å². The van der Waals surface area contributed by atoms with Crippen molar-refractivity contribution in [3.05, 3.63) is 29.8 Å². The number of benzene rings is 1. The summed E-state index contributed by atoms with van der Waals surface area (Å²) in [4.78, 5) is 23.9. The SMILES string of the molecule is CC(C)(C)OC(=O)NCCC(=O)c1cccc(NCC2(O)CCCC2)c1. The van der Waals surface area contributed by atoms with E-state index in [1.165, 1.54) is 0 Å². The molecule has 0 atom stereocenters. The molecule has 1 fully saturated rings. The number of carbonyl (C=O) groups is 2. The van der Waals surface area contributed by atoms with Gasteiger partial charge >= 0.3 is 6.09 Å². The number of hydrogen-bond donors (Lipinski definition) is 3. The van der Waals surface area contributed by atoms with Crippen molar-refractivity contribution in [1.82, 2.24) is 5.32 Å². The highest BCUT2D eigenvalue weighted by molar-refractivity contribution is 5.97. The maximum Gasteiger partial charge on any atom is 0.407 e. The number of Topliss-reactive ketones (excluding diaryl/α,β-unsaturated/α-hetero) is 1. The molecule has 0 aromatic heterocycles. The molecular formula is C20H30N2O4. The lowest BCUT2D eigenvalue weighted by molar-refractivity contribution is 0.0527. The summed E-state index contributed by atoms with van der Waals surface area (Å²) < 4.78 is 5.14. The van der Waals surface area contributed by atoms with Gasteiger partial charge < -0.3 is 20.5 Å². The Kier molecular flexibility index (Phi) is 6.64. The number of rotatable bonds is 7. The summed E-state index contributed by atoms with van der Waals surface area (Å²) in [5.74, 6) is -0.0516. The van der Waals surface area contributed by atoms with Crippen LogP contribution in [0.25, 0.3) is 0 Å². The molecule has 0 radical (unpaired) electrons. The first-order valence-corrected chi connectivity index (χ1v) is 9.23. The van der Waals surface area contributed by atoms with E-state index in [0.717, 1.165) is 31.4 Å². The molecule has 0 aliphatic heterocycles. The molecule has 1 aliphatic rings. The number of amides is 1. The summed E-state index contributed by atoms with van der Waals surface area (Å²) in [6.07, 6.45) is 3.42. The van der Waals surface area contributed by atoms with Crippen molar-refractivity contribution in [3.8, 4) is 0 Å². The second kappa shape index (κ2) is 8.54. The van der Waals surface area contributed by atoms with Gasteiger partial charge in [0.2, 0.25) is 0 Å². The van der Waals surface area contributed by atoms with E-state index >= 15 is 0 Å². The molecule has 0 bridgehead atoms. The van der Waals surface area contributed by atoms with Gasteiger partial charge in [0, 0.05) is 30.8 Å². The Morgan fingerprint density at radius 2 is 1.92 bits per heavy atom. The number of carbonyl (C=O) groups excluding carboxylic acids is 2. The summed E-state index contributed by atoms with van der Waals surface area (Å²) in [5, 5.41) is 16.2. The van der Waals surface area contributed by atoms with Gasteiger partial charge in [0.05, 0.1) is 5.60 Å². The van der Waals surface area contributed by atoms with Crippen LogP contribution in [0.15, 0.2) is 24.3 Å². The van der Waals surface area contributed by atoms with Crippen molar-refractivity contribution in [1.29, 1.82) is 0 Å². The Bertz CT molecular complexity index is 631. The van der Waals surface area contributed by atoms with Gasteiger partial charge in [-0.15, -0.1) is 0 Å². The third-order valence-electron chi connectivity index (χ3n) is 4.36. The maximum atomic E-state index is 12.3. The van der Waals surface area contributed by atoms with Gasteiger partial charge in [-0.25, -0.2) is 4.79 Å². The Balaban J connectivity index is 1.81. The third kappa shape index (κ3) is 6.67. The number of ether oxygens (including phenoxy) is 1. The summed E-state index contributed by atoms with van der Waals surface area (Å²) >= 11 is 0. The van der Waals surface area contributed by atoms with Crippen molar-refractivity contribution >= 4 is 17.6 Å². The zero-order valence-electron chi connectivity index (χ0n) is 15.9. The Labute approximate surface area is 155 Å². The fraction of sp³-hybridized carbons (Fsp3) is 0.600. The molecule has 1 aliphatic carbocycles. The quantitative estimate of drug-likeness (QED) is 0.646. The van der Waals surface area contributed by atoms with Crippen LogP contribution in [0, 0.1) is 0 Å². The zero-order chi connectivity index (χ0) is 19.2. The number of nitrogens with one attached hydrogen (secondary N) is 2. The van der Waals surface area contributed by atoms with Crippen molar-refractivity contribution in [2.75, 3.05) is 18.4 Å². The summed E-state index contributed by atoms with van der Waals surface area (Å²) in [6.45, 7) is 6.09. The predicted octanol–water partition coefficient (Wildman–Crippen LogP) is 3.50. The molecule has 0 saturated heterocycles. The maximum absolute atomic E-state index is 12.3. The highest BCUT2D eigenvalue weighted by Gasteiger charge is 2.30. The Morgan fingerprint density at radius 1 is 1.23 bits per heavy atom. The molecule has 2 rings (SSSR count). The molecule has 144 valence electrons. The van der Waals surface area contributed by atoms with E-state index in [0.29, 0.717) is 12.1 Å². The molecule has 1 aromatic carbocycles. The fourth-order valence-electron chi connectivity index (χ4n) is 3.02. The molecular weight excluding hydrogens is 332 g/mol. The number of ketones is 1. The topological polar surface area (TPSA) is 87.7 Å². The predicted molar refractivity (Wildman–Crippen MR) is 102 cm³/mol. The molecule has 3 N–H and O–H groups in total. The van der Waals surface area contributed by atoms with Crippen LogP contribution >= 0.6 is 0 Å². The smallest absolute Gasteiger partial charge is 0.407 e. The van der Waals surface area contributed by atoms with Crippen LogP contribution in [0.4, 0.5) is 10.5 Å². The van der Waals surface area contributed by atoms with E-state index in [4.69, 9.17) is 4.74 Å². The minimum atomic E-state index is -0.642. The molecule has 1 amide bonds. The summed E-state index contributed by atoms with van der Waals surface area (Å²) in [5.41, 5.74) is 0.199. The zero-order valence-corrected chi connectivity index (χ0v) is 15.9. The molecule has 1 aromatic rings. The first-order chi connectivity index (χ1) is 12.2. The van der Waals surface area contributed by atoms with Crippen LogP contribution in [-0.2, 0) is 4.74 Å². The second-order valence-corrected chi connectivity index (χ2v) is 7.97. The van der Waals surface area contributed by atoms with Crippen LogP contribution in [-0.4, -0.2) is 41.3 Å². The van der Waals surface area contributed by atoms with Gasteiger partial charge in [0.25, 0.3) is 0 Å². The lowest BCUT2D eigenvalue weighted by Gasteiger charge is -2.23. The minimum absolute atomic E-state index is 0.0516. The molecule has 26 heavy (non-hydrogen) atoms. The average Bonchev–Trinajstić information content (AvgIpc) is 2.99. The van der Waals surface area contributed by atoms with Gasteiger partial charge in [-0.05, 0) is 45.7 Å². The molecule has 0 heterocycles. The van der Waals surface area contributed by atoms with Gasteiger partial charge in [0.15, 0.2) is 5.78 Å². The van der Waals surface area contributed by atoms with Crippen LogP contribution < -0.4 is 10.6 Å². The van der Waals surface area contributed by atoms with E-state index in [-0.39, 0.29) is 18.7 Å². The first kappa shape index (κ1) is 20.2. The molecule has 6 nitrogen and oxygen atoms in total. The van der Waals surface area contributed by atoms with Gasteiger partial charge in [-0.3, -0.25) is 4.79 Å². The van der Waals surface area contributed by atoms with E-state index in [1.807, 2.05) is 12.1 Å². The van der Waals surface area contributed by atoms with E-state index in [1.54, 1.807) is 32.9 Å². The number of alkyl carbamates (subject to hydrolysis) is 1. The highest BCUT2D eigenvalue weighted by Crippen LogP contribution is 2.29. The largest absolute Gasteiger partial charge is 0.444 e. The van der Waals surface area contributed by atoms with E-state index in [9.17, 15) is 14.7 Å². The highest BCUT2D eigenvalue weighted by atomic mass is 16.6. The monoisotopic (exact) mass is 362 g/mol. The number of anilines is 1. The first-order valence-electron chi connectivity index (χ1n) is 9.23. The van der Waals surface area contributed by atoms with Gasteiger partial charge in [-0.2, -0.15) is 0 Å². The van der Waals surface area contributed by atoms with Crippen molar-refractivity contribution in [2.24, 2.45) is 0 Å². The van der Waals surface area contributed by atoms with E-state index in [2.05, 4.69) is 10.6 Å². The van der Waals surface area contributed by atoms with Crippen molar-refractivity contribution < 1.29 is 19.4 Å².